The summed E-state index contributed by atoms with van der Waals surface area (Å²) in [6.45, 7) is 2.85. The number of amides is 1. The maximum Gasteiger partial charge on any atom is 0.434 e. The zero-order valence-electron chi connectivity index (χ0n) is 18.1. The third kappa shape index (κ3) is 3.79. The van der Waals surface area contributed by atoms with Gasteiger partial charge in [0.2, 0.25) is 0 Å². The summed E-state index contributed by atoms with van der Waals surface area (Å²) in [6.07, 6.45) is -0.267. The molecular formula is C25H23F3N4O. The first kappa shape index (κ1) is 21.3. The normalized spacial score (nSPS) is 15.3. The maximum absolute atomic E-state index is 13.9. The molecule has 0 saturated carbocycles. The predicted octanol–water partition coefficient (Wildman–Crippen LogP) is 5.70. The standard InChI is InChI=1S/C25H23F3N4O/c1-16-6-5-9-19-20(14-29-22(16)19)17-10-12-31(13-11-17)24(33)21-15-30-32(23(21)25(26,27)28)18-7-3-2-4-8-18/h2-9,14-15,17,29H,10-13H2,1H3. The van der Waals surface area contributed by atoms with Crippen molar-refractivity contribution in [2.24, 2.45) is 0 Å². The number of nitrogens with zero attached hydrogens (tertiary/aromatic N) is 3. The molecule has 1 amide bonds. The minimum atomic E-state index is -4.71. The lowest BCUT2D eigenvalue weighted by atomic mass is 9.88. The van der Waals surface area contributed by atoms with Gasteiger partial charge in [0, 0.05) is 30.2 Å². The van der Waals surface area contributed by atoms with E-state index in [0.717, 1.165) is 16.4 Å². The minimum absolute atomic E-state index is 0.249. The van der Waals surface area contributed by atoms with Gasteiger partial charge < -0.3 is 9.88 Å². The number of carbonyl (C=O) groups is 1. The molecule has 0 aliphatic carbocycles. The van der Waals surface area contributed by atoms with Gasteiger partial charge in [0.25, 0.3) is 5.91 Å². The van der Waals surface area contributed by atoms with Gasteiger partial charge >= 0.3 is 6.18 Å². The SMILES string of the molecule is Cc1cccc2c(C3CCN(C(=O)c4cnn(-c5ccccc5)c4C(F)(F)F)CC3)c[nH]c12. The van der Waals surface area contributed by atoms with Crippen LogP contribution in [0.1, 0.15) is 45.9 Å². The molecule has 0 radical (unpaired) electrons. The number of aromatic nitrogens is 3. The summed E-state index contributed by atoms with van der Waals surface area (Å²) in [6, 6.07) is 14.2. The second kappa shape index (κ2) is 8.10. The second-order valence-electron chi connectivity index (χ2n) is 8.46. The predicted molar refractivity (Wildman–Crippen MR) is 119 cm³/mol. The van der Waals surface area contributed by atoms with Crippen LogP contribution in [0.2, 0.25) is 0 Å². The molecule has 1 saturated heterocycles. The molecule has 5 rings (SSSR count). The molecule has 5 nitrogen and oxygen atoms in total. The second-order valence-corrected chi connectivity index (χ2v) is 8.46. The molecule has 8 heteroatoms. The summed E-state index contributed by atoms with van der Waals surface area (Å²) in [4.78, 5) is 18.0. The Bertz CT molecular complexity index is 1300. The van der Waals surface area contributed by atoms with Crippen molar-refractivity contribution in [1.82, 2.24) is 19.7 Å². The van der Waals surface area contributed by atoms with Crippen molar-refractivity contribution in [3.63, 3.8) is 0 Å². The van der Waals surface area contributed by atoms with Crippen molar-refractivity contribution >= 4 is 16.8 Å². The molecule has 4 aromatic rings. The van der Waals surface area contributed by atoms with Gasteiger partial charge in [0.05, 0.1) is 17.4 Å². The van der Waals surface area contributed by atoms with E-state index in [1.54, 1.807) is 18.2 Å². The number of hydrogen-bond donors (Lipinski definition) is 1. The highest BCUT2D eigenvalue weighted by Crippen LogP contribution is 2.37. The van der Waals surface area contributed by atoms with Crippen molar-refractivity contribution in [2.45, 2.75) is 31.9 Å². The van der Waals surface area contributed by atoms with Crippen molar-refractivity contribution in [3.8, 4) is 5.69 Å². The van der Waals surface area contributed by atoms with Crippen molar-refractivity contribution in [3.05, 3.63) is 83.3 Å². The molecule has 2 aromatic carbocycles. The average Bonchev–Trinajstić information content (AvgIpc) is 3.45. The summed E-state index contributed by atoms with van der Waals surface area (Å²) < 4.78 is 42.6. The van der Waals surface area contributed by atoms with Gasteiger partial charge in [-0.25, -0.2) is 4.68 Å². The number of carbonyl (C=O) groups excluding carboxylic acids is 1. The number of aryl methyl sites for hydroxylation is 1. The number of piperidine rings is 1. The summed E-state index contributed by atoms with van der Waals surface area (Å²) in [5, 5.41) is 5.08. The number of hydrogen-bond acceptors (Lipinski definition) is 2. The number of halogens is 3. The largest absolute Gasteiger partial charge is 0.434 e. The van der Waals surface area contributed by atoms with Crippen LogP contribution in [0, 0.1) is 6.92 Å². The lowest BCUT2D eigenvalue weighted by Crippen LogP contribution is -2.38. The van der Waals surface area contributed by atoms with Crippen LogP contribution in [-0.4, -0.2) is 38.7 Å². The molecule has 2 aromatic heterocycles. The quantitative estimate of drug-likeness (QED) is 0.434. The smallest absolute Gasteiger partial charge is 0.361 e. The summed E-state index contributed by atoms with van der Waals surface area (Å²) >= 11 is 0. The first-order valence-electron chi connectivity index (χ1n) is 10.9. The van der Waals surface area contributed by atoms with E-state index < -0.39 is 23.3 Å². The van der Waals surface area contributed by atoms with E-state index in [1.165, 1.54) is 33.5 Å². The number of aromatic amines is 1. The number of nitrogens with one attached hydrogen (secondary N) is 1. The summed E-state index contributed by atoms with van der Waals surface area (Å²) in [5.74, 6) is -0.378. The van der Waals surface area contributed by atoms with Crippen LogP contribution in [0.15, 0.2) is 60.9 Å². The van der Waals surface area contributed by atoms with Crippen LogP contribution < -0.4 is 0 Å². The molecule has 33 heavy (non-hydrogen) atoms. The molecule has 0 atom stereocenters. The van der Waals surface area contributed by atoms with Crippen LogP contribution in [-0.2, 0) is 6.18 Å². The fraction of sp³-hybridized carbons (Fsp3) is 0.280. The monoisotopic (exact) mass is 452 g/mol. The third-order valence-electron chi connectivity index (χ3n) is 6.45. The fourth-order valence-corrected chi connectivity index (χ4v) is 4.77. The van der Waals surface area contributed by atoms with E-state index in [9.17, 15) is 18.0 Å². The van der Waals surface area contributed by atoms with Crippen molar-refractivity contribution in [1.29, 1.82) is 0 Å². The Balaban J connectivity index is 1.38. The molecule has 3 heterocycles. The van der Waals surface area contributed by atoms with Gasteiger partial charge in [-0.05, 0) is 48.9 Å². The number of H-pyrrole nitrogens is 1. The van der Waals surface area contributed by atoms with Gasteiger partial charge in [-0.2, -0.15) is 18.3 Å². The van der Waals surface area contributed by atoms with Gasteiger partial charge in [-0.3, -0.25) is 4.79 Å². The highest BCUT2D eigenvalue weighted by molar-refractivity contribution is 5.95. The molecule has 170 valence electrons. The fourth-order valence-electron chi connectivity index (χ4n) is 4.77. The average molecular weight is 452 g/mol. The molecule has 0 unspecified atom stereocenters. The van der Waals surface area contributed by atoms with Crippen LogP contribution in [0.4, 0.5) is 13.2 Å². The Kier molecular flexibility index (Phi) is 5.23. The van der Waals surface area contributed by atoms with Gasteiger partial charge in [0.1, 0.15) is 0 Å². The molecule has 0 bridgehead atoms. The Morgan fingerprint density at radius 1 is 1.06 bits per heavy atom. The number of rotatable bonds is 3. The zero-order valence-corrected chi connectivity index (χ0v) is 18.1. The van der Waals surface area contributed by atoms with E-state index >= 15 is 0 Å². The highest BCUT2D eigenvalue weighted by Gasteiger charge is 2.42. The van der Waals surface area contributed by atoms with Crippen LogP contribution in [0.5, 0.6) is 0 Å². The van der Waals surface area contributed by atoms with Crippen molar-refractivity contribution in [2.75, 3.05) is 13.1 Å². The molecular weight excluding hydrogens is 429 g/mol. The van der Waals surface area contributed by atoms with Crippen LogP contribution in [0.3, 0.4) is 0 Å². The Labute approximate surface area is 188 Å². The number of likely N-dealkylation sites (tertiary alicyclic amines) is 1. The Morgan fingerprint density at radius 2 is 1.79 bits per heavy atom. The minimum Gasteiger partial charge on any atom is -0.361 e. The van der Waals surface area contributed by atoms with E-state index in [4.69, 9.17) is 0 Å². The van der Waals surface area contributed by atoms with Crippen LogP contribution in [0.25, 0.3) is 16.6 Å². The van der Waals surface area contributed by atoms with Gasteiger partial charge in [-0.15, -0.1) is 0 Å². The van der Waals surface area contributed by atoms with E-state index in [1.807, 2.05) is 12.3 Å². The van der Waals surface area contributed by atoms with Gasteiger partial charge in [-0.1, -0.05) is 36.4 Å². The van der Waals surface area contributed by atoms with E-state index in [-0.39, 0.29) is 11.6 Å². The van der Waals surface area contributed by atoms with Crippen molar-refractivity contribution < 1.29 is 18.0 Å². The summed E-state index contributed by atoms with van der Waals surface area (Å²) in [7, 11) is 0. The first-order chi connectivity index (χ1) is 15.8. The highest BCUT2D eigenvalue weighted by atomic mass is 19.4. The molecule has 1 fully saturated rings. The Hall–Kier alpha value is -3.55. The number of para-hydroxylation sites is 2. The molecule has 1 aliphatic rings. The lowest BCUT2D eigenvalue weighted by molar-refractivity contribution is -0.143. The summed E-state index contributed by atoms with van der Waals surface area (Å²) in [5.41, 5.74) is 2.29. The first-order valence-corrected chi connectivity index (χ1v) is 10.9. The van der Waals surface area contributed by atoms with E-state index in [0.29, 0.717) is 25.9 Å². The topological polar surface area (TPSA) is 53.9 Å². The van der Waals surface area contributed by atoms with E-state index in [2.05, 4.69) is 29.1 Å². The van der Waals surface area contributed by atoms with Gasteiger partial charge in [0.15, 0.2) is 5.69 Å². The maximum atomic E-state index is 13.9. The Morgan fingerprint density at radius 3 is 2.48 bits per heavy atom. The van der Waals surface area contributed by atoms with Crippen LogP contribution >= 0.6 is 0 Å². The molecule has 1 aliphatic heterocycles. The zero-order chi connectivity index (χ0) is 23.2. The lowest BCUT2D eigenvalue weighted by Gasteiger charge is -2.32. The number of fused-ring (bicyclic) bond motifs is 1. The molecule has 0 spiro atoms. The molecule has 1 N–H and O–H groups in total. The number of alkyl halides is 3. The third-order valence-corrected chi connectivity index (χ3v) is 6.45. The number of benzene rings is 2.